The first-order valence-corrected chi connectivity index (χ1v) is 3.07. The first kappa shape index (κ1) is 7.63. The van der Waals surface area contributed by atoms with E-state index in [1.165, 1.54) is 0 Å². The third-order valence-corrected chi connectivity index (χ3v) is 0.852. The largest absolute Gasteiger partial charge is 0.499 e. The summed E-state index contributed by atoms with van der Waals surface area (Å²) >= 11 is 4.38. The predicted molar refractivity (Wildman–Crippen MR) is 39.3 cm³/mol. The lowest BCUT2D eigenvalue weighted by molar-refractivity contribution is 0.574. The van der Waals surface area contributed by atoms with E-state index in [9.17, 15) is 0 Å². The smallest absolute Gasteiger partial charge is 0.180 e. The number of unbranched alkanes of at least 4 members (excludes halogenated alkanes) is 1. The monoisotopic (exact) mass is 130 g/mol. The van der Waals surface area contributed by atoms with Gasteiger partial charge in [0.25, 0.3) is 0 Å². The summed E-state index contributed by atoms with van der Waals surface area (Å²) in [6.07, 6.45) is 5.49. The lowest BCUT2D eigenvalue weighted by Gasteiger charge is -1.81. The quantitative estimate of drug-likeness (QED) is 0.467. The van der Waals surface area contributed by atoms with E-state index >= 15 is 0 Å². The molecule has 1 nitrogen and oxygen atoms in total. The maximum absolute atomic E-state index is 8.42. The predicted octanol–water partition coefficient (Wildman–Crippen LogP) is 2.23. The highest BCUT2D eigenvalue weighted by Crippen LogP contribution is 1.87. The Morgan fingerprint density at radius 1 is 1.75 bits per heavy atom. The molecule has 0 aliphatic carbocycles. The Balaban J connectivity index is 3.20. The topological polar surface area (TPSA) is 20.2 Å². The minimum atomic E-state index is -0.0292. The van der Waals surface area contributed by atoms with Crippen LogP contribution in [-0.4, -0.2) is 10.2 Å². The van der Waals surface area contributed by atoms with Crippen LogP contribution >= 0.6 is 12.2 Å². The van der Waals surface area contributed by atoms with Crippen molar-refractivity contribution in [3.8, 4) is 0 Å². The van der Waals surface area contributed by atoms with E-state index in [-0.39, 0.29) is 5.05 Å². The molecule has 0 amide bonds. The summed E-state index contributed by atoms with van der Waals surface area (Å²) in [4.78, 5) is 0. The number of hydrogen-bond donors (Lipinski definition) is 1. The standard InChI is InChI=1S/C6H10OS/c1-2-3-4-5-6(7)8/h4-5H,2-3H2,1H3,(H,7,8). The zero-order valence-electron chi connectivity index (χ0n) is 4.92. The van der Waals surface area contributed by atoms with Gasteiger partial charge in [0.2, 0.25) is 0 Å². The third-order valence-electron chi connectivity index (χ3n) is 0.716. The van der Waals surface area contributed by atoms with Gasteiger partial charge in [0.1, 0.15) is 0 Å². The molecule has 0 aliphatic heterocycles. The molecule has 8 heavy (non-hydrogen) atoms. The minimum absolute atomic E-state index is 0.0292. The fourth-order valence-electron chi connectivity index (χ4n) is 0.351. The van der Waals surface area contributed by atoms with Gasteiger partial charge in [-0.15, -0.1) is 0 Å². The zero-order valence-corrected chi connectivity index (χ0v) is 5.74. The van der Waals surface area contributed by atoms with Crippen molar-refractivity contribution < 1.29 is 5.11 Å². The second-order valence-corrected chi connectivity index (χ2v) is 1.95. The van der Waals surface area contributed by atoms with Crippen LogP contribution in [0.2, 0.25) is 0 Å². The fraction of sp³-hybridized carbons (Fsp3) is 0.500. The molecule has 0 bridgehead atoms. The molecule has 0 spiro atoms. The number of thiocarbonyl (C=S) groups is 1. The number of rotatable bonds is 3. The Labute approximate surface area is 55.0 Å². The maximum atomic E-state index is 8.42. The van der Waals surface area contributed by atoms with Gasteiger partial charge in [0.15, 0.2) is 5.05 Å². The molecule has 0 radical (unpaired) electrons. The van der Waals surface area contributed by atoms with Crippen LogP contribution in [0, 0.1) is 0 Å². The summed E-state index contributed by atoms with van der Waals surface area (Å²) in [7, 11) is 0. The second kappa shape index (κ2) is 4.78. The molecule has 0 aliphatic rings. The Hall–Kier alpha value is -0.370. The summed E-state index contributed by atoms with van der Waals surface area (Å²) in [6, 6.07) is 0. The van der Waals surface area contributed by atoms with Gasteiger partial charge >= 0.3 is 0 Å². The Morgan fingerprint density at radius 3 is 2.75 bits per heavy atom. The van der Waals surface area contributed by atoms with E-state index in [0.717, 1.165) is 12.8 Å². The number of allylic oxidation sites excluding steroid dienone is 1. The third kappa shape index (κ3) is 5.63. The molecule has 0 rings (SSSR count). The van der Waals surface area contributed by atoms with Gasteiger partial charge in [-0.2, -0.15) is 0 Å². The van der Waals surface area contributed by atoms with Crippen LogP contribution in [0.15, 0.2) is 12.2 Å². The molecular weight excluding hydrogens is 120 g/mol. The van der Waals surface area contributed by atoms with Crippen molar-refractivity contribution in [3.05, 3.63) is 12.2 Å². The Kier molecular flexibility index (Phi) is 4.56. The normalized spacial score (nSPS) is 10.1. The first-order chi connectivity index (χ1) is 3.77. The van der Waals surface area contributed by atoms with Crippen molar-refractivity contribution >= 4 is 17.3 Å². The molecule has 2 heteroatoms. The van der Waals surface area contributed by atoms with Gasteiger partial charge in [-0.1, -0.05) is 19.4 Å². The number of aliphatic hydroxyl groups excluding tert-OH is 1. The Morgan fingerprint density at radius 2 is 2.38 bits per heavy atom. The molecule has 46 valence electrons. The summed E-state index contributed by atoms with van der Waals surface area (Å²) < 4.78 is 0. The molecule has 0 atom stereocenters. The molecule has 0 saturated carbocycles. The van der Waals surface area contributed by atoms with Crippen molar-refractivity contribution in [3.63, 3.8) is 0 Å². The van der Waals surface area contributed by atoms with Crippen LogP contribution in [0.5, 0.6) is 0 Å². The van der Waals surface area contributed by atoms with E-state index < -0.39 is 0 Å². The highest BCUT2D eigenvalue weighted by molar-refractivity contribution is 7.80. The molecule has 0 aromatic carbocycles. The SMILES string of the molecule is CCCC=CC(O)=S. The van der Waals surface area contributed by atoms with Gasteiger partial charge in [0, 0.05) is 0 Å². The lowest BCUT2D eigenvalue weighted by atomic mass is 10.3. The molecular formula is C6H10OS. The highest BCUT2D eigenvalue weighted by atomic mass is 32.1. The summed E-state index contributed by atoms with van der Waals surface area (Å²) in [5, 5.41) is 8.39. The molecule has 0 aromatic rings. The van der Waals surface area contributed by atoms with Gasteiger partial charge in [-0.05, 0) is 24.7 Å². The van der Waals surface area contributed by atoms with Crippen LogP contribution in [0.4, 0.5) is 0 Å². The van der Waals surface area contributed by atoms with Crippen LogP contribution in [0.3, 0.4) is 0 Å². The van der Waals surface area contributed by atoms with E-state index in [4.69, 9.17) is 5.11 Å². The maximum Gasteiger partial charge on any atom is 0.180 e. The van der Waals surface area contributed by atoms with Crippen molar-refractivity contribution in [2.75, 3.05) is 0 Å². The van der Waals surface area contributed by atoms with E-state index in [0.29, 0.717) is 0 Å². The van der Waals surface area contributed by atoms with Gasteiger partial charge < -0.3 is 5.11 Å². The van der Waals surface area contributed by atoms with Gasteiger partial charge in [-0.3, -0.25) is 0 Å². The Bertz CT molecular complexity index is 96.7. The average molecular weight is 130 g/mol. The van der Waals surface area contributed by atoms with Crippen molar-refractivity contribution in [2.45, 2.75) is 19.8 Å². The lowest BCUT2D eigenvalue weighted by Crippen LogP contribution is -1.80. The molecule has 0 saturated heterocycles. The first-order valence-electron chi connectivity index (χ1n) is 2.67. The number of hydrogen-bond acceptors (Lipinski definition) is 1. The second-order valence-electron chi connectivity index (χ2n) is 1.53. The van der Waals surface area contributed by atoms with Crippen LogP contribution in [0.25, 0.3) is 0 Å². The van der Waals surface area contributed by atoms with Crippen LogP contribution in [0.1, 0.15) is 19.8 Å². The van der Waals surface area contributed by atoms with Gasteiger partial charge in [-0.25, -0.2) is 0 Å². The zero-order chi connectivity index (χ0) is 6.41. The molecule has 0 fully saturated rings. The number of aliphatic hydroxyl groups is 1. The summed E-state index contributed by atoms with van der Waals surface area (Å²) in [5.41, 5.74) is 0. The summed E-state index contributed by atoms with van der Waals surface area (Å²) in [6.45, 7) is 2.07. The van der Waals surface area contributed by atoms with E-state index in [1.54, 1.807) is 6.08 Å². The van der Waals surface area contributed by atoms with Crippen molar-refractivity contribution in [1.29, 1.82) is 0 Å². The molecule has 0 aromatic heterocycles. The van der Waals surface area contributed by atoms with Crippen LogP contribution in [-0.2, 0) is 0 Å². The van der Waals surface area contributed by atoms with E-state index in [1.807, 2.05) is 6.08 Å². The van der Waals surface area contributed by atoms with Crippen molar-refractivity contribution in [2.24, 2.45) is 0 Å². The highest BCUT2D eigenvalue weighted by Gasteiger charge is 1.76. The van der Waals surface area contributed by atoms with E-state index in [2.05, 4.69) is 19.1 Å². The minimum Gasteiger partial charge on any atom is -0.499 e. The fourth-order valence-corrected chi connectivity index (χ4v) is 0.447. The van der Waals surface area contributed by atoms with Gasteiger partial charge in [0.05, 0.1) is 0 Å². The van der Waals surface area contributed by atoms with Crippen LogP contribution < -0.4 is 0 Å². The van der Waals surface area contributed by atoms with Crippen molar-refractivity contribution in [1.82, 2.24) is 0 Å². The molecule has 0 heterocycles. The average Bonchev–Trinajstić information content (AvgIpc) is 1.66. The molecule has 1 N–H and O–H groups in total. The molecule has 0 unspecified atom stereocenters. The summed E-state index contributed by atoms with van der Waals surface area (Å²) in [5.74, 6) is 0.